The van der Waals surface area contributed by atoms with Crippen molar-refractivity contribution < 1.29 is 24.2 Å². The highest BCUT2D eigenvalue weighted by Gasteiger charge is 2.39. The number of aliphatic carboxylic acids is 1. The number of ether oxygens (including phenoxy) is 2. The third-order valence-electron chi connectivity index (χ3n) is 5.25. The van der Waals surface area contributed by atoms with E-state index in [1.54, 1.807) is 31.5 Å². The quantitative estimate of drug-likeness (QED) is 0.463. The first-order valence-corrected chi connectivity index (χ1v) is 10.6. The molecule has 0 saturated carbocycles. The lowest BCUT2D eigenvalue weighted by Gasteiger charge is -2.40. The number of aromatic nitrogens is 1. The number of aldehydes is 1. The average molecular weight is 455 g/mol. The molecule has 0 unspecified atom stereocenters. The lowest BCUT2D eigenvalue weighted by Crippen LogP contribution is -2.50. The molecular weight excluding hydrogens is 424 g/mol. The summed E-state index contributed by atoms with van der Waals surface area (Å²) >= 11 is 0. The minimum absolute atomic E-state index is 0.138. The van der Waals surface area contributed by atoms with Crippen molar-refractivity contribution in [3.05, 3.63) is 52.8 Å². The van der Waals surface area contributed by atoms with Gasteiger partial charge in [0.05, 0.1) is 44.2 Å². The number of nitriles is 1. The van der Waals surface area contributed by atoms with Gasteiger partial charge in [0.25, 0.3) is 0 Å². The zero-order valence-electron chi connectivity index (χ0n) is 19.2. The molecule has 0 aliphatic carbocycles. The van der Waals surface area contributed by atoms with Gasteiger partial charge in [-0.2, -0.15) is 5.26 Å². The van der Waals surface area contributed by atoms with Gasteiger partial charge in [-0.1, -0.05) is 6.92 Å². The maximum Gasteiger partial charge on any atom is 0.304 e. The van der Waals surface area contributed by atoms with Gasteiger partial charge in [0.15, 0.2) is 0 Å². The van der Waals surface area contributed by atoms with Gasteiger partial charge in [0, 0.05) is 35.3 Å². The van der Waals surface area contributed by atoms with Gasteiger partial charge in [0.2, 0.25) is 0 Å². The standard InChI is InChI=1S/C17H17N3O2.C7H13NO3/c1-3-15-7-14(17(22-2)10-19-15)9-20-16-5-4-12(11-21)6-13(16)8-18;1-8-3-7(2-6(9)10)4-11-5-7/h4-7,10-11,20H,3,9H2,1-2H3;8H,2-5H2,1H3,(H,9,10). The topological polar surface area (TPSA) is 134 Å². The van der Waals surface area contributed by atoms with Crippen molar-refractivity contribution in [3.63, 3.8) is 0 Å². The lowest BCUT2D eigenvalue weighted by molar-refractivity contribution is -0.155. The number of nitrogens with zero attached hydrogens (tertiary/aromatic N) is 2. The molecule has 1 aliphatic heterocycles. The zero-order chi connectivity index (χ0) is 24.3. The van der Waals surface area contributed by atoms with E-state index >= 15 is 0 Å². The summed E-state index contributed by atoms with van der Waals surface area (Å²) in [5.74, 6) is -0.0451. The first-order valence-electron chi connectivity index (χ1n) is 10.6. The number of carboxylic acids is 1. The second kappa shape index (κ2) is 12.5. The average Bonchev–Trinajstić information content (AvgIpc) is 2.81. The Kier molecular flexibility index (Phi) is 9.79. The molecule has 1 aromatic carbocycles. The number of anilines is 1. The van der Waals surface area contributed by atoms with Gasteiger partial charge in [-0.25, -0.2) is 0 Å². The highest BCUT2D eigenvalue weighted by atomic mass is 16.5. The summed E-state index contributed by atoms with van der Waals surface area (Å²) in [6.45, 7) is 4.41. The molecule has 1 aliphatic rings. The Morgan fingerprint density at radius 2 is 2.15 bits per heavy atom. The van der Waals surface area contributed by atoms with E-state index in [9.17, 15) is 14.9 Å². The smallest absolute Gasteiger partial charge is 0.304 e. The van der Waals surface area contributed by atoms with Crippen LogP contribution in [-0.2, 0) is 22.5 Å². The summed E-state index contributed by atoms with van der Waals surface area (Å²) in [5.41, 5.74) is 3.42. The SMILES string of the molecule is CCc1cc(CNc2ccc(C=O)cc2C#N)c(OC)cn1.CNCC1(CC(=O)O)COC1. The Bertz CT molecular complexity index is 999. The predicted molar refractivity (Wildman–Crippen MR) is 123 cm³/mol. The second-order valence-corrected chi connectivity index (χ2v) is 7.82. The number of carbonyl (C=O) groups excluding carboxylic acids is 1. The number of aryl methyl sites for hydroxylation is 1. The number of rotatable bonds is 10. The number of hydrogen-bond acceptors (Lipinski definition) is 8. The van der Waals surface area contributed by atoms with E-state index < -0.39 is 5.97 Å². The third kappa shape index (κ3) is 7.27. The van der Waals surface area contributed by atoms with Crippen LogP contribution in [0.3, 0.4) is 0 Å². The number of benzene rings is 1. The van der Waals surface area contributed by atoms with Gasteiger partial charge in [-0.05, 0) is 37.7 Å². The lowest BCUT2D eigenvalue weighted by atomic mass is 9.82. The Morgan fingerprint density at radius 3 is 2.67 bits per heavy atom. The fourth-order valence-electron chi connectivity index (χ4n) is 3.47. The summed E-state index contributed by atoms with van der Waals surface area (Å²) in [7, 11) is 3.42. The molecule has 0 bridgehead atoms. The van der Waals surface area contributed by atoms with Crippen molar-refractivity contribution in [3.8, 4) is 11.8 Å². The number of methoxy groups -OCH3 is 1. The Hall–Kier alpha value is -3.48. The van der Waals surface area contributed by atoms with Crippen LogP contribution in [-0.4, -0.2) is 56.3 Å². The fourth-order valence-corrected chi connectivity index (χ4v) is 3.47. The minimum Gasteiger partial charge on any atom is -0.495 e. The molecule has 0 atom stereocenters. The molecule has 9 nitrogen and oxygen atoms in total. The molecule has 3 N–H and O–H groups in total. The predicted octanol–water partition coefficient (Wildman–Crippen LogP) is 2.65. The van der Waals surface area contributed by atoms with Gasteiger partial charge in [-0.3, -0.25) is 14.6 Å². The van der Waals surface area contributed by atoms with Crippen LogP contribution in [0.25, 0.3) is 0 Å². The monoisotopic (exact) mass is 454 g/mol. The summed E-state index contributed by atoms with van der Waals surface area (Å²) in [6.07, 6.45) is 3.48. The zero-order valence-corrected chi connectivity index (χ0v) is 19.2. The molecule has 0 radical (unpaired) electrons. The highest BCUT2D eigenvalue weighted by Crippen LogP contribution is 2.30. The van der Waals surface area contributed by atoms with E-state index in [4.69, 9.17) is 14.6 Å². The maximum absolute atomic E-state index is 10.8. The van der Waals surface area contributed by atoms with Crippen molar-refractivity contribution in [1.29, 1.82) is 5.26 Å². The van der Waals surface area contributed by atoms with E-state index in [2.05, 4.69) is 21.7 Å². The Labute approximate surface area is 193 Å². The Morgan fingerprint density at radius 1 is 1.39 bits per heavy atom. The van der Waals surface area contributed by atoms with E-state index in [1.807, 2.05) is 20.0 Å². The molecule has 0 amide bonds. The number of nitrogens with one attached hydrogen (secondary N) is 2. The van der Waals surface area contributed by atoms with Gasteiger partial charge < -0.3 is 25.2 Å². The van der Waals surface area contributed by atoms with Crippen molar-refractivity contribution in [2.75, 3.05) is 39.2 Å². The van der Waals surface area contributed by atoms with Gasteiger partial charge in [0.1, 0.15) is 18.1 Å². The largest absolute Gasteiger partial charge is 0.495 e. The summed E-state index contributed by atoms with van der Waals surface area (Å²) in [5, 5.41) is 23.9. The molecule has 3 rings (SSSR count). The normalized spacial score (nSPS) is 13.5. The number of pyridine rings is 1. The minimum atomic E-state index is -0.747. The van der Waals surface area contributed by atoms with Crippen molar-refractivity contribution in [1.82, 2.24) is 10.3 Å². The maximum atomic E-state index is 10.8. The van der Waals surface area contributed by atoms with Crippen LogP contribution < -0.4 is 15.4 Å². The van der Waals surface area contributed by atoms with Crippen LogP contribution in [0.1, 0.15) is 40.5 Å². The van der Waals surface area contributed by atoms with Gasteiger partial charge in [-0.15, -0.1) is 0 Å². The summed E-state index contributed by atoms with van der Waals surface area (Å²) < 4.78 is 10.3. The molecule has 33 heavy (non-hydrogen) atoms. The number of hydrogen-bond donors (Lipinski definition) is 3. The first-order chi connectivity index (χ1) is 15.9. The molecule has 2 heterocycles. The molecule has 0 spiro atoms. The molecule has 2 aromatic rings. The van der Waals surface area contributed by atoms with Crippen molar-refractivity contribution in [2.24, 2.45) is 5.41 Å². The van der Waals surface area contributed by atoms with Crippen LogP contribution >= 0.6 is 0 Å². The highest BCUT2D eigenvalue weighted by molar-refractivity contribution is 5.78. The molecule has 1 fully saturated rings. The molecular formula is C24H30N4O5. The van der Waals surface area contributed by atoms with Crippen LogP contribution in [0.5, 0.6) is 5.75 Å². The third-order valence-corrected chi connectivity index (χ3v) is 5.25. The summed E-state index contributed by atoms with van der Waals surface area (Å²) in [6, 6.07) is 9.05. The second-order valence-electron chi connectivity index (χ2n) is 7.82. The van der Waals surface area contributed by atoms with Crippen molar-refractivity contribution >= 4 is 17.9 Å². The van der Waals surface area contributed by atoms with Gasteiger partial charge >= 0.3 is 5.97 Å². The van der Waals surface area contributed by atoms with Crippen LogP contribution in [0.2, 0.25) is 0 Å². The fraction of sp³-hybridized carbons (Fsp3) is 0.417. The molecule has 1 aromatic heterocycles. The number of carboxylic acid groups (broad SMARTS) is 1. The van der Waals surface area contributed by atoms with E-state index in [-0.39, 0.29) is 11.8 Å². The Balaban J connectivity index is 0.000000294. The van der Waals surface area contributed by atoms with Crippen LogP contribution in [0.15, 0.2) is 30.5 Å². The van der Waals surface area contributed by atoms with Crippen molar-refractivity contribution in [2.45, 2.75) is 26.3 Å². The summed E-state index contributed by atoms with van der Waals surface area (Å²) in [4.78, 5) is 25.5. The van der Waals surface area contributed by atoms with E-state index in [0.717, 1.165) is 30.5 Å². The van der Waals surface area contributed by atoms with E-state index in [1.165, 1.54) is 0 Å². The van der Waals surface area contributed by atoms with Crippen LogP contribution in [0, 0.1) is 16.7 Å². The number of carbonyl (C=O) groups is 2. The molecule has 176 valence electrons. The molecule has 1 saturated heterocycles. The molecule has 9 heteroatoms. The van der Waals surface area contributed by atoms with Crippen LogP contribution in [0.4, 0.5) is 5.69 Å². The van der Waals surface area contributed by atoms with E-state index in [0.29, 0.717) is 42.3 Å². The first kappa shape index (κ1) is 25.8.